The van der Waals surface area contributed by atoms with E-state index in [0.717, 1.165) is 17.7 Å². The SMILES string of the molecule is Cc1ccc(-c2csc(NC(=O)CCCCCN3C(=O)c4ccccc4C3=O)n2)cc1. The van der Waals surface area contributed by atoms with Gasteiger partial charge in [-0.25, -0.2) is 4.98 Å². The fraction of sp³-hybridized carbons (Fsp3) is 0.250. The fourth-order valence-electron chi connectivity index (χ4n) is 3.54. The van der Waals surface area contributed by atoms with Crippen LogP contribution in [0.25, 0.3) is 11.3 Å². The molecule has 0 unspecified atom stereocenters. The van der Waals surface area contributed by atoms with Gasteiger partial charge >= 0.3 is 0 Å². The lowest BCUT2D eigenvalue weighted by molar-refractivity contribution is -0.116. The normalized spacial score (nSPS) is 12.9. The number of fused-ring (bicyclic) bond motifs is 1. The van der Waals surface area contributed by atoms with Crippen LogP contribution in [-0.2, 0) is 4.79 Å². The number of carbonyl (C=O) groups excluding carboxylic acids is 3. The van der Waals surface area contributed by atoms with E-state index in [4.69, 9.17) is 0 Å². The van der Waals surface area contributed by atoms with Crippen molar-refractivity contribution in [2.24, 2.45) is 0 Å². The van der Waals surface area contributed by atoms with Gasteiger partial charge in [0.15, 0.2) is 5.13 Å². The zero-order chi connectivity index (χ0) is 21.8. The molecule has 0 atom stereocenters. The average molecular weight is 434 g/mol. The van der Waals surface area contributed by atoms with Crippen LogP contribution in [0.15, 0.2) is 53.9 Å². The molecule has 3 amide bonds. The van der Waals surface area contributed by atoms with E-state index in [-0.39, 0.29) is 17.7 Å². The topological polar surface area (TPSA) is 79.4 Å². The Balaban J connectivity index is 1.19. The largest absolute Gasteiger partial charge is 0.302 e. The number of hydrogen-bond donors (Lipinski definition) is 1. The van der Waals surface area contributed by atoms with E-state index in [2.05, 4.69) is 10.3 Å². The van der Waals surface area contributed by atoms with Crippen LogP contribution in [0.4, 0.5) is 5.13 Å². The van der Waals surface area contributed by atoms with Crippen LogP contribution < -0.4 is 5.32 Å². The highest BCUT2D eigenvalue weighted by Gasteiger charge is 2.34. The molecule has 1 N–H and O–H groups in total. The van der Waals surface area contributed by atoms with Gasteiger partial charge in [0.25, 0.3) is 11.8 Å². The summed E-state index contributed by atoms with van der Waals surface area (Å²) in [7, 11) is 0. The molecule has 0 bridgehead atoms. The van der Waals surface area contributed by atoms with Crippen molar-refractivity contribution in [3.63, 3.8) is 0 Å². The Labute approximate surface area is 184 Å². The van der Waals surface area contributed by atoms with Crippen LogP contribution in [-0.4, -0.2) is 34.2 Å². The van der Waals surface area contributed by atoms with Crippen molar-refractivity contribution in [3.8, 4) is 11.3 Å². The van der Waals surface area contributed by atoms with Crippen molar-refractivity contribution >= 4 is 34.2 Å². The Kier molecular flexibility index (Phi) is 6.23. The zero-order valence-corrected chi connectivity index (χ0v) is 18.1. The molecule has 4 rings (SSSR count). The second kappa shape index (κ2) is 9.22. The van der Waals surface area contributed by atoms with Crippen molar-refractivity contribution in [1.82, 2.24) is 9.88 Å². The minimum atomic E-state index is -0.230. The van der Waals surface area contributed by atoms with Crippen molar-refractivity contribution < 1.29 is 14.4 Å². The van der Waals surface area contributed by atoms with Gasteiger partial charge in [0.1, 0.15) is 0 Å². The highest BCUT2D eigenvalue weighted by atomic mass is 32.1. The summed E-state index contributed by atoms with van der Waals surface area (Å²) in [6, 6.07) is 15.0. The summed E-state index contributed by atoms with van der Waals surface area (Å²) in [6.45, 7) is 2.41. The number of benzene rings is 2. The minimum Gasteiger partial charge on any atom is -0.302 e. The number of nitrogens with zero attached hydrogens (tertiary/aromatic N) is 2. The van der Waals surface area contributed by atoms with Crippen LogP contribution in [0, 0.1) is 6.92 Å². The van der Waals surface area contributed by atoms with Gasteiger partial charge in [-0.3, -0.25) is 19.3 Å². The maximum absolute atomic E-state index is 12.3. The van der Waals surface area contributed by atoms with Crippen LogP contribution in [0.1, 0.15) is 52.0 Å². The van der Waals surface area contributed by atoms with Gasteiger partial charge in [-0.15, -0.1) is 11.3 Å². The second-order valence-electron chi connectivity index (χ2n) is 7.57. The van der Waals surface area contributed by atoms with Crippen molar-refractivity contribution in [3.05, 3.63) is 70.6 Å². The molecule has 31 heavy (non-hydrogen) atoms. The molecular weight excluding hydrogens is 410 g/mol. The van der Waals surface area contributed by atoms with E-state index < -0.39 is 0 Å². The first-order chi connectivity index (χ1) is 15.0. The summed E-state index contributed by atoms with van der Waals surface area (Å²) in [5.74, 6) is -0.538. The summed E-state index contributed by atoms with van der Waals surface area (Å²) in [5, 5.41) is 5.37. The lowest BCUT2D eigenvalue weighted by Crippen LogP contribution is -2.30. The molecule has 1 aliphatic rings. The highest BCUT2D eigenvalue weighted by molar-refractivity contribution is 7.14. The number of carbonyl (C=O) groups is 3. The Morgan fingerprint density at radius 3 is 2.32 bits per heavy atom. The van der Waals surface area contributed by atoms with E-state index >= 15 is 0 Å². The molecule has 2 aromatic carbocycles. The molecule has 6 nitrogen and oxygen atoms in total. The summed E-state index contributed by atoms with van der Waals surface area (Å²) in [5.41, 5.74) is 4.01. The maximum atomic E-state index is 12.3. The highest BCUT2D eigenvalue weighted by Crippen LogP contribution is 2.26. The fourth-order valence-corrected chi connectivity index (χ4v) is 4.28. The Morgan fingerprint density at radius 1 is 0.968 bits per heavy atom. The third kappa shape index (κ3) is 4.72. The number of rotatable bonds is 8. The van der Waals surface area contributed by atoms with Crippen LogP contribution in [0.2, 0.25) is 0 Å². The van der Waals surface area contributed by atoms with Crippen LogP contribution in [0.5, 0.6) is 0 Å². The molecule has 1 aromatic heterocycles. The van der Waals surface area contributed by atoms with E-state index in [1.807, 2.05) is 36.6 Å². The van der Waals surface area contributed by atoms with Crippen LogP contribution >= 0.6 is 11.3 Å². The second-order valence-corrected chi connectivity index (χ2v) is 8.43. The molecule has 1 aliphatic heterocycles. The van der Waals surface area contributed by atoms with E-state index in [0.29, 0.717) is 42.1 Å². The maximum Gasteiger partial charge on any atom is 0.261 e. The number of unbranched alkanes of at least 4 members (excludes halogenated alkanes) is 2. The van der Waals surface area contributed by atoms with Crippen LogP contribution in [0.3, 0.4) is 0 Å². The Morgan fingerprint density at radius 2 is 1.65 bits per heavy atom. The smallest absolute Gasteiger partial charge is 0.261 e. The lowest BCUT2D eigenvalue weighted by Gasteiger charge is -2.13. The van der Waals surface area contributed by atoms with E-state index in [1.54, 1.807) is 24.3 Å². The third-order valence-electron chi connectivity index (χ3n) is 5.26. The first-order valence-electron chi connectivity index (χ1n) is 10.3. The standard InChI is InChI=1S/C24H23N3O3S/c1-16-10-12-17(13-11-16)20-15-31-24(25-20)26-21(28)9-3-2-6-14-27-22(29)18-7-4-5-8-19(18)23(27)30/h4-5,7-8,10-13,15H,2-3,6,9,14H2,1H3,(H,25,26,28). The van der Waals surface area contributed by atoms with Gasteiger partial charge in [0, 0.05) is 23.9 Å². The molecular formula is C24H23N3O3S. The number of aryl methyl sites for hydroxylation is 1. The number of aromatic nitrogens is 1. The molecule has 0 radical (unpaired) electrons. The van der Waals surface area contributed by atoms with Crippen molar-refractivity contribution in [2.75, 3.05) is 11.9 Å². The summed E-state index contributed by atoms with van der Waals surface area (Å²) in [6.07, 6.45) is 2.49. The number of hydrogen-bond acceptors (Lipinski definition) is 5. The van der Waals surface area contributed by atoms with Crippen molar-refractivity contribution in [2.45, 2.75) is 32.6 Å². The quantitative estimate of drug-likeness (QED) is 0.404. The number of thiazole rings is 1. The molecule has 7 heteroatoms. The number of amides is 3. The van der Waals surface area contributed by atoms with Gasteiger partial charge in [-0.2, -0.15) is 0 Å². The average Bonchev–Trinajstić information content (AvgIpc) is 3.32. The van der Waals surface area contributed by atoms with Crippen molar-refractivity contribution in [1.29, 1.82) is 0 Å². The van der Waals surface area contributed by atoms with Gasteiger partial charge in [-0.1, -0.05) is 48.4 Å². The summed E-state index contributed by atoms with van der Waals surface area (Å²) in [4.78, 5) is 42.7. The number of imide groups is 1. The molecule has 0 saturated heterocycles. The predicted octanol–water partition coefficient (Wildman–Crippen LogP) is 4.91. The monoisotopic (exact) mass is 433 g/mol. The summed E-state index contributed by atoms with van der Waals surface area (Å²) < 4.78 is 0. The Hall–Kier alpha value is -3.32. The lowest BCUT2D eigenvalue weighted by atomic mass is 10.1. The van der Waals surface area contributed by atoms with Gasteiger partial charge < -0.3 is 5.32 Å². The Bertz CT molecular complexity index is 1090. The molecule has 0 saturated carbocycles. The molecule has 0 spiro atoms. The van der Waals surface area contributed by atoms with Gasteiger partial charge in [0.2, 0.25) is 5.91 Å². The van der Waals surface area contributed by atoms with E-state index in [9.17, 15) is 14.4 Å². The molecule has 3 aromatic rings. The number of nitrogens with one attached hydrogen (secondary N) is 1. The first-order valence-corrected chi connectivity index (χ1v) is 11.2. The van der Waals surface area contributed by atoms with Gasteiger partial charge in [0.05, 0.1) is 16.8 Å². The van der Waals surface area contributed by atoms with E-state index in [1.165, 1.54) is 21.8 Å². The minimum absolute atomic E-state index is 0.0782. The first kappa shape index (κ1) is 20.9. The zero-order valence-electron chi connectivity index (χ0n) is 17.3. The number of anilines is 1. The third-order valence-corrected chi connectivity index (χ3v) is 6.02. The predicted molar refractivity (Wildman–Crippen MR) is 121 cm³/mol. The molecule has 0 fully saturated rings. The van der Waals surface area contributed by atoms with Gasteiger partial charge in [-0.05, 0) is 31.9 Å². The molecule has 0 aliphatic carbocycles. The molecule has 2 heterocycles. The molecule has 158 valence electrons. The summed E-state index contributed by atoms with van der Waals surface area (Å²) >= 11 is 1.41.